The van der Waals surface area contributed by atoms with Gasteiger partial charge in [0.1, 0.15) is 5.82 Å². The highest BCUT2D eigenvalue weighted by Gasteiger charge is 2.20. The predicted molar refractivity (Wildman–Crippen MR) is 70.0 cm³/mol. The summed E-state index contributed by atoms with van der Waals surface area (Å²) in [6, 6.07) is 2.88. The van der Waals surface area contributed by atoms with Crippen molar-refractivity contribution in [2.24, 2.45) is 0 Å². The number of hydrogen-bond donors (Lipinski definition) is 1. The van der Waals surface area contributed by atoms with Gasteiger partial charge in [0.25, 0.3) is 0 Å². The molecule has 1 saturated carbocycles. The summed E-state index contributed by atoms with van der Waals surface area (Å²) < 4.78 is 0. The molecule has 1 N–H and O–H groups in total. The Balaban J connectivity index is 2.10. The molecule has 1 aliphatic rings. The maximum absolute atomic E-state index is 4.64. The summed E-state index contributed by atoms with van der Waals surface area (Å²) in [7, 11) is 0. The van der Waals surface area contributed by atoms with E-state index in [2.05, 4.69) is 42.1 Å². The molecule has 1 fully saturated rings. The van der Waals surface area contributed by atoms with E-state index in [9.17, 15) is 0 Å². The van der Waals surface area contributed by atoms with Crippen molar-refractivity contribution >= 4 is 0 Å². The zero-order valence-electron chi connectivity index (χ0n) is 11.2. The number of nitrogens with zero attached hydrogens (tertiary/aromatic N) is 2. The average Bonchev–Trinajstić information content (AvgIpc) is 3.10. The van der Waals surface area contributed by atoms with Gasteiger partial charge < -0.3 is 5.32 Å². The summed E-state index contributed by atoms with van der Waals surface area (Å²) in [4.78, 5) is 9.27. The van der Waals surface area contributed by atoms with Gasteiger partial charge in [-0.15, -0.1) is 0 Å². The predicted octanol–water partition coefficient (Wildman–Crippen LogP) is 2.80. The third-order valence-corrected chi connectivity index (χ3v) is 3.07. The van der Waals surface area contributed by atoms with Crippen LogP contribution < -0.4 is 5.32 Å². The second kappa shape index (κ2) is 5.58. The van der Waals surface area contributed by atoms with Gasteiger partial charge in [-0.25, -0.2) is 9.97 Å². The van der Waals surface area contributed by atoms with Crippen LogP contribution in [-0.2, 0) is 13.0 Å². The van der Waals surface area contributed by atoms with E-state index in [1.165, 1.54) is 24.2 Å². The van der Waals surface area contributed by atoms with E-state index in [-0.39, 0.29) is 0 Å². The number of nitrogens with one attached hydrogen (secondary N) is 1. The molecule has 3 heteroatoms. The van der Waals surface area contributed by atoms with Crippen molar-refractivity contribution in [3.05, 3.63) is 23.3 Å². The third kappa shape index (κ3) is 3.77. The van der Waals surface area contributed by atoms with Gasteiger partial charge in [-0.05, 0) is 31.2 Å². The Bertz CT molecular complexity index is 370. The molecule has 0 unspecified atom stereocenters. The summed E-state index contributed by atoms with van der Waals surface area (Å²) in [5, 5.41) is 3.48. The second-order valence-electron chi connectivity index (χ2n) is 5.26. The van der Waals surface area contributed by atoms with Gasteiger partial charge in [-0.2, -0.15) is 0 Å². The first-order valence-electron chi connectivity index (χ1n) is 6.79. The maximum atomic E-state index is 4.64. The van der Waals surface area contributed by atoms with Crippen molar-refractivity contribution in [2.45, 2.75) is 65.0 Å². The number of aryl methyl sites for hydroxylation is 1. The van der Waals surface area contributed by atoms with Crippen LogP contribution >= 0.6 is 0 Å². The Morgan fingerprint density at radius 1 is 1.35 bits per heavy atom. The summed E-state index contributed by atoms with van der Waals surface area (Å²) in [6.45, 7) is 7.40. The zero-order chi connectivity index (χ0) is 12.3. The van der Waals surface area contributed by atoms with Crippen LogP contribution in [0.5, 0.6) is 0 Å². The van der Waals surface area contributed by atoms with Crippen molar-refractivity contribution in [3.8, 4) is 0 Å². The lowest BCUT2D eigenvalue weighted by atomic mass is 10.1. The van der Waals surface area contributed by atoms with Gasteiger partial charge in [0.15, 0.2) is 0 Å². The van der Waals surface area contributed by atoms with Crippen LogP contribution in [0, 0.1) is 0 Å². The molecule has 2 rings (SSSR count). The molecule has 0 aliphatic heterocycles. The summed E-state index contributed by atoms with van der Waals surface area (Å²) in [5.41, 5.74) is 2.37. The van der Waals surface area contributed by atoms with Crippen LogP contribution in [0.25, 0.3) is 0 Å². The second-order valence-corrected chi connectivity index (χ2v) is 5.26. The molecule has 1 heterocycles. The summed E-state index contributed by atoms with van der Waals surface area (Å²) in [5.74, 6) is 1.44. The topological polar surface area (TPSA) is 37.8 Å². The van der Waals surface area contributed by atoms with Gasteiger partial charge in [0.2, 0.25) is 0 Å². The smallest absolute Gasteiger partial charge is 0.142 e. The van der Waals surface area contributed by atoms with Gasteiger partial charge >= 0.3 is 0 Å². The Labute approximate surface area is 104 Å². The molecule has 1 aromatic rings. The molecule has 0 aromatic carbocycles. The first-order valence-corrected chi connectivity index (χ1v) is 6.79. The van der Waals surface area contributed by atoms with Crippen molar-refractivity contribution < 1.29 is 0 Å². The average molecular weight is 233 g/mol. The van der Waals surface area contributed by atoms with E-state index in [0.717, 1.165) is 31.3 Å². The minimum atomic E-state index is 0.480. The Hall–Kier alpha value is -0.960. The van der Waals surface area contributed by atoms with E-state index in [0.29, 0.717) is 5.92 Å². The van der Waals surface area contributed by atoms with E-state index < -0.39 is 0 Å². The first kappa shape index (κ1) is 12.5. The molecule has 94 valence electrons. The van der Waals surface area contributed by atoms with E-state index >= 15 is 0 Å². The SMILES string of the molecule is CCCc1cc(C(C)C)nc(CNC2CC2)n1. The fourth-order valence-corrected chi connectivity index (χ4v) is 1.86. The molecule has 0 bridgehead atoms. The van der Waals surface area contributed by atoms with Gasteiger partial charge in [0, 0.05) is 17.4 Å². The molecular formula is C14H23N3. The Morgan fingerprint density at radius 2 is 2.12 bits per heavy atom. The lowest BCUT2D eigenvalue weighted by Crippen LogP contribution is -2.18. The van der Waals surface area contributed by atoms with E-state index in [4.69, 9.17) is 0 Å². The van der Waals surface area contributed by atoms with Gasteiger partial charge in [0.05, 0.1) is 6.54 Å². The number of aromatic nitrogens is 2. The van der Waals surface area contributed by atoms with E-state index in [1.54, 1.807) is 0 Å². The minimum Gasteiger partial charge on any atom is -0.307 e. The summed E-state index contributed by atoms with van der Waals surface area (Å²) >= 11 is 0. The highest BCUT2D eigenvalue weighted by atomic mass is 15.0. The molecule has 0 amide bonds. The van der Waals surface area contributed by atoms with Crippen LogP contribution in [0.4, 0.5) is 0 Å². The van der Waals surface area contributed by atoms with Crippen LogP contribution in [0.3, 0.4) is 0 Å². The zero-order valence-corrected chi connectivity index (χ0v) is 11.2. The molecular weight excluding hydrogens is 210 g/mol. The lowest BCUT2D eigenvalue weighted by molar-refractivity contribution is 0.641. The molecule has 0 saturated heterocycles. The largest absolute Gasteiger partial charge is 0.307 e. The van der Waals surface area contributed by atoms with Crippen LogP contribution in [0.15, 0.2) is 6.07 Å². The van der Waals surface area contributed by atoms with E-state index in [1.807, 2.05) is 0 Å². The highest BCUT2D eigenvalue weighted by molar-refractivity contribution is 5.14. The Kier molecular flexibility index (Phi) is 4.11. The minimum absolute atomic E-state index is 0.480. The van der Waals surface area contributed by atoms with Crippen LogP contribution in [-0.4, -0.2) is 16.0 Å². The first-order chi connectivity index (χ1) is 8.19. The number of rotatable bonds is 6. The quantitative estimate of drug-likeness (QED) is 0.821. The monoisotopic (exact) mass is 233 g/mol. The molecule has 0 atom stereocenters. The molecule has 1 aromatic heterocycles. The molecule has 0 radical (unpaired) electrons. The van der Waals surface area contributed by atoms with Crippen molar-refractivity contribution in [1.82, 2.24) is 15.3 Å². The van der Waals surface area contributed by atoms with Gasteiger partial charge in [-0.1, -0.05) is 27.2 Å². The molecule has 0 spiro atoms. The highest BCUT2D eigenvalue weighted by Crippen LogP contribution is 2.19. The molecule has 17 heavy (non-hydrogen) atoms. The summed E-state index contributed by atoms with van der Waals surface area (Å²) in [6.07, 6.45) is 4.82. The van der Waals surface area contributed by atoms with Crippen LogP contribution in [0.2, 0.25) is 0 Å². The lowest BCUT2D eigenvalue weighted by Gasteiger charge is -2.10. The molecule has 3 nitrogen and oxygen atoms in total. The van der Waals surface area contributed by atoms with Crippen molar-refractivity contribution in [2.75, 3.05) is 0 Å². The molecule has 1 aliphatic carbocycles. The van der Waals surface area contributed by atoms with Crippen LogP contribution in [0.1, 0.15) is 63.2 Å². The van der Waals surface area contributed by atoms with Crippen molar-refractivity contribution in [1.29, 1.82) is 0 Å². The fraction of sp³-hybridized carbons (Fsp3) is 0.714. The Morgan fingerprint density at radius 3 is 2.71 bits per heavy atom. The van der Waals surface area contributed by atoms with Crippen molar-refractivity contribution in [3.63, 3.8) is 0 Å². The standard InChI is InChI=1S/C14H23N3/c1-4-5-12-8-13(10(2)3)17-14(16-12)9-15-11-6-7-11/h8,10-11,15H,4-7,9H2,1-3H3. The normalized spacial score (nSPS) is 15.5. The van der Waals surface area contributed by atoms with Gasteiger partial charge in [-0.3, -0.25) is 0 Å². The number of hydrogen-bond acceptors (Lipinski definition) is 3. The maximum Gasteiger partial charge on any atom is 0.142 e. The fourth-order valence-electron chi connectivity index (χ4n) is 1.86. The third-order valence-electron chi connectivity index (χ3n) is 3.07.